The van der Waals surface area contributed by atoms with Crippen molar-refractivity contribution in [2.75, 3.05) is 11.9 Å². The van der Waals surface area contributed by atoms with Crippen LogP contribution in [-0.4, -0.2) is 39.8 Å². The Morgan fingerprint density at radius 2 is 1.06 bits per heavy atom. The topological polar surface area (TPSA) is 124 Å². The molecular formula is C25H42NNa3O6. The van der Waals surface area contributed by atoms with Gasteiger partial charge in [0.1, 0.15) is 0 Å². The first-order valence-corrected chi connectivity index (χ1v) is 11.9. The number of carbonyl (C=O) groups is 3. The van der Waals surface area contributed by atoms with Gasteiger partial charge in [0.15, 0.2) is 0 Å². The van der Waals surface area contributed by atoms with Crippen LogP contribution in [0.3, 0.4) is 0 Å². The van der Waals surface area contributed by atoms with Gasteiger partial charge in [-0.15, -0.1) is 0 Å². The number of aromatic carboxylic acids is 3. The Bertz CT molecular complexity index is 739. The van der Waals surface area contributed by atoms with Crippen molar-refractivity contribution in [2.24, 2.45) is 5.92 Å². The van der Waals surface area contributed by atoms with Gasteiger partial charge in [-0.1, -0.05) is 84.5 Å². The van der Waals surface area contributed by atoms with Crippen LogP contribution in [0.5, 0.6) is 0 Å². The molecule has 4 N–H and O–H groups in total. The van der Waals surface area contributed by atoms with Gasteiger partial charge in [0.05, 0.1) is 16.7 Å². The van der Waals surface area contributed by atoms with Gasteiger partial charge in [-0.25, -0.2) is 14.4 Å². The Balaban J connectivity index is -0.000000427. The predicted octanol–water partition coefficient (Wildman–Crippen LogP) is -2.12. The van der Waals surface area contributed by atoms with Crippen molar-refractivity contribution in [3.63, 3.8) is 0 Å². The number of carboxylic acids is 3. The van der Waals surface area contributed by atoms with Gasteiger partial charge in [-0.3, -0.25) is 0 Å². The van der Waals surface area contributed by atoms with E-state index in [4.69, 9.17) is 0 Å². The van der Waals surface area contributed by atoms with Crippen LogP contribution in [0.1, 0.15) is 126 Å². The Morgan fingerprint density at radius 1 is 0.686 bits per heavy atom. The summed E-state index contributed by atoms with van der Waals surface area (Å²) in [5.41, 5.74) is -1.45. The Hall–Kier alpha value is 0.430. The summed E-state index contributed by atoms with van der Waals surface area (Å²) in [6.45, 7) is 5.12. The second-order valence-electron chi connectivity index (χ2n) is 8.86. The number of anilines is 1. The number of nitrogens with one attached hydrogen (secondary N) is 1. The van der Waals surface area contributed by atoms with Crippen LogP contribution in [0.25, 0.3) is 0 Å². The molecular weight excluding hydrogens is 479 g/mol. The van der Waals surface area contributed by atoms with Crippen LogP contribution < -0.4 is 94.0 Å². The quantitative estimate of drug-likeness (QED) is 0.129. The summed E-state index contributed by atoms with van der Waals surface area (Å²) < 4.78 is 0. The van der Waals surface area contributed by atoms with Crippen LogP contribution in [-0.2, 0) is 0 Å². The first kappa shape index (κ1) is 39.9. The van der Waals surface area contributed by atoms with Crippen LogP contribution in [0.15, 0.2) is 12.1 Å². The second kappa shape index (κ2) is 23.5. The molecule has 1 aromatic rings. The zero-order valence-electron chi connectivity index (χ0n) is 25.5. The van der Waals surface area contributed by atoms with Crippen LogP contribution in [0, 0.1) is 5.92 Å². The third kappa shape index (κ3) is 17.5. The summed E-state index contributed by atoms with van der Waals surface area (Å²) in [4.78, 5) is 34.1. The molecule has 35 heavy (non-hydrogen) atoms. The molecule has 0 heterocycles. The first-order chi connectivity index (χ1) is 15.2. The molecule has 0 bridgehead atoms. The summed E-state index contributed by atoms with van der Waals surface area (Å²) in [6, 6.07) is 2.36. The van der Waals surface area contributed by atoms with Gasteiger partial charge in [0.25, 0.3) is 0 Å². The maximum Gasteiger partial charge on any atom is 1.00 e. The number of hydrogen-bond donors (Lipinski definition) is 4. The third-order valence-electron chi connectivity index (χ3n) is 5.60. The molecule has 0 saturated carbocycles. The minimum absolute atomic E-state index is 0. The Labute approximate surface area is 280 Å². The van der Waals surface area contributed by atoms with Crippen molar-refractivity contribution in [3.8, 4) is 0 Å². The molecule has 0 atom stereocenters. The van der Waals surface area contributed by atoms with Gasteiger partial charge in [0, 0.05) is 12.2 Å². The van der Waals surface area contributed by atoms with E-state index in [1.807, 2.05) is 0 Å². The number of unbranched alkanes of at least 4 members (excludes halogenated alkanes) is 10. The van der Waals surface area contributed by atoms with Crippen molar-refractivity contribution < 1.29 is 123 Å². The molecule has 0 spiro atoms. The summed E-state index contributed by atoms with van der Waals surface area (Å²) >= 11 is 0. The maximum atomic E-state index is 11.4. The van der Waals surface area contributed by atoms with E-state index in [9.17, 15) is 29.7 Å². The SMILES string of the molecule is CC(C)CCCCCCCCCCCCCNc1cc(C(=O)O)c(C(=O)O)c(C(=O)O)c1.[H-].[H-].[H-].[Na+].[Na+].[Na+]. The monoisotopic (exact) mass is 521 g/mol. The standard InChI is InChI=1S/C25H39NO6.3Na.3H/c1-18(2)14-12-10-8-6-4-3-5-7-9-11-13-15-26-19-16-20(23(27)28)22(25(31)32)21(17-19)24(29)30;;;;;;/h16-18,26H,3-15H2,1-2H3,(H,27,28)(H,29,30)(H,31,32);;;;;;/q;3*+1;3*-1. The zero-order valence-corrected chi connectivity index (χ0v) is 28.5. The molecule has 186 valence electrons. The molecule has 0 saturated heterocycles. The van der Waals surface area contributed by atoms with E-state index in [2.05, 4.69) is 19.2 Å². The van der Waals surface area contributed by atoms with Gasteiger partial charge >= 0.3 is 107 Å². The zero-order chi connectivity index (χ0) is 23.9. The largest absolute Gasteiger partial charge is 1.00 e. The Kier molecular flexibility index (Phi) is 26.9. The van der Waals surface area contributed by atoms with Gasteiger partial charge in [0.2, 0.25) is 0 Å². The van der Waals surface area contributed by atoms with Crippen molar-refractivity contribution >= 4 is 23.6 Å². The maximum absolute atomic E-state index is 11.4. The number of hydrogen-bond acceptors (Lipinski definition) is 4. The molecule has 0 aliphatic heterocycles. The second-order valence-corrected chi connectivity index (χ2v) is 8.86. The van der Waals surface area contributed by atoms with E-state index in [1.165, 1.54) is 69.9 Å². The van der Waals surface area contributed by atoms with E-state index in [0.29, 0.717) is 12.2 Å². The molecule has 0 unspecified atom stereocenters. The smallest absolute Gasteiger partial charge is 1.00 e. The average Bonchev–Trinajstić information content (AvgIpc) is 2.72. The Morgan fingerprint density at radius 3 is 1.40 bits per heavy atom. The summed E-state index contributed by atoms with van der Waals surface area (Å²) in [5.74, 6) is -3.70. The van der Waals surface area contributed by atoms with Crippen molar-refractivity contribution in [1.29, 1.82) is 0 Å². The number of benzene rings is 1. The van der Waals surface area contributed by atoms with Crippen LogP contribution >= 0.6 is 0 Å². The fourth-order valence-corrected chi connectivity index (χ4v) is 3.81. The third-order valence-corrected chi connectivity index (χ3v) is 5.60. The van der Waals surface area contributed by atoms with Gasteiger partial charge in [-0.05, 0) is 24.5 Å². The normalized spacial score (nSPS) is 10.0. The van der Waals surface area contributed by atoms with E-state index < -0.39 is 34.6 Å². The molecule has 0 radical (unpaired) electrons. The predicted molar refractivity (Wildman–Crippen MR) is 129 cm³/mol. The first-order valence-electron chi connectivity index (χ1n) is 11.9. The van der Waals surface area contributed by atoms with E-state index in [1.54, 1.807) is 0 Å². The molecule has 0 aliphatic carbocycles. The molecule has 1 aromatic carbocycles. The fourth-order valence-electron chi connectivity index (χ4n) is 3.81. The average molecular weight is 522 g/mol. The van der Waals surface area contributed by atoms with E-state index in [0.717, 1.165) is 25.2 Å². The molecule has 0 fully saturated rings. The van der Waals surface area contributed by atoms with Crippen molar-refractivity contribution in [1.82, 2.24) is 0 Å². The van der Waals surface area contributed by atoms with E-state index in [-0.39, 0.29) is 93.0 Å². The molecule has 0 aromatic heterocycles. The van der Waals surface area contributed by atoms with Crippen LogP contribution in [0.2, 0.25) is 0 Å². The minimum atomic E-state index is -1.57. The molecule has 10 heteroatoms. The van der Waals surface area contributed by atoms with Crippen LogP contribution in [0.4, 0.5) is 5.69 Å². The summed E-state index contributed by atoms with van der Waals surface area (Å²) in [7, 11) is 0. The number of rotatable bonds is 18. The summed E-state index contributed by atoms with van der Waals surface area (Å²) in [5, 5.41) is 30.8. The molecule has 1 rings (SSSR count). The van der Waals surface area contributed by atoms with E-state index >= 15 is 0 Å². The molecule has 0 amide bonds. The van der Waals surface area contributed by atoms with Crippen molar-refractivity contribution in [2.45, 2.75) is 90.9 Å². The molecule has 7 nitrogen and oxygen atoms in total. The summed E-state index contributed by atoms with van der Waals surface area (Å²) in [6.07, 6.45) is 14.8. The van der Waals surface area contributed by atoms with Gasteiger partial charge < -0.3 is 24.9 Å². The fraction of sp³-hybridized carbons (Fsp3) is 0.640. The van der Waals surface area contributed by atoms with Gasteiger partial charge in [-0.2, -0.15) is 0 Å². The number of carboxylic acid groups (broad SMARTS) is 3. The molecule has 0 aliphatic rings. The van der Waals surface area contributed by atoms with Crippen molar-refractivity contribution in [3.05, 3.63) is 28.8 Å². The minimum Gasteiger partial charge on any atom is -1.00 e.